The lowest BCUT2D eigenvalue weighted by Gasteiger charge is -2.20. The molecule has 192 valence electrons. The molecule has 0 aliphatic rings. The first-order valence-electron chi connectivity index (χ1n) is 14.1. The molecule has 7 aromatic carbocycles. The summed E-state index contributed by atoms with van der Waals surface area (Å²) in [6, 6.07) is 44.9. The lowest BCUT2D eigenvalue weighted by atomic mass is 9.83. The summed E-state index contributed by atoms with van der Waals surface area (Å²) >= 11 is 0. The molecule has 0 aromatic heterocycles. The minimum Gasteiger partial charge on any atom is -0.0617 e. The van der Waals surface area contributed by atoms with Crippen molar-refractivity contribution in [1.82, 2.24) is 0 Å². The van der Waals surface area contributed by atoms with Crippen LogP contribution in [0.2, 0.25) is 0 Å². The molecule has 0 heterocycles. The first-order valence-corrected chi connectivity index (χ1v) is 14.1. The zero-order valence-corrected chi connectivity index (χ0v) is 23.5. The van der Waals surface area contributed by atoms with Crippen LogP contribution >= 0.6 is 0 Å². The average Bonchev–Trinajstić information content (AvgIpc) is 2.96. The molecule has 0 nitrogen and oxygen atoms in total. The third-order valence-corrected chi connectivity index (χ3v) is 8.60. The van der Waals surface area contributed by atoms with Crippen LogP contribution in [0.5, 0.6) is 0 Å². The van der Waals surface area contributed by atoms with Crippen LogP contribution in [0.3, 0.4) is 0 Å². The molecule has 0 aliphatic carbocycles. The predicted octanol–water partition coefficient (Wildman–Crippen LogP) is 11.4. The van der Waals surface area contributed by atoms with E-state index in [9.17, 15) is 0 Å². The molecule has 0 atom stereocenters. The van der Waals surface area contributed by atoms with E-state index < -0.39 is 0 Å². The van der Waals surface area contributed by atoms with Gasteiger partial charge in [0.15, 0.2) is 0 Å². The normalized spacial score (nSPS) is 11.5. The van der Waals surface area contributed by atoms with Crippen LogP contribution in [0.15, 0.2) is 121 Å². The molecule has 7 aromatic rings. The maximum absolute atomic E-state index is 2.46. The number of rotatable bonds is 3. The Morgan fingerprint density at radius 2 is 0.675 bits per heavy atom. The molecule has 40 heavy (non-hydrogen) atoms. The van der Waals surface area contributed by atoms with Gasteiger partial charge in [-0.15, -0.1) is 0 Å². The van der Waals surface area contributed by atoms with Crippen molar-refractivity contribution in [3.63, 3.8) is 0 Å². The van der Waals surface area contributed by atoms with Gasteiger partial charge in [-0.25, -0.2) is 0 Å². The van der Waals surface area contributed by atoms with Crippen molar-refractivity contribution in [3.05, 3.63) is 144 Å². The Kier molecular flexibility index (Phi) is 5.79. The first-order chi connectivity index (χ1) is 19.5. The number of hydrogen-bond acceptors (Lipinski definition) is 0. The van der Waals surface area contributed by atoms with E-state index in [0.717, 1.165) is 0 Å². The molecule has 0 fully saturated rings. The predicted molar refractivity (Wildman–Crippen MR) is 174 cm³/mol. The summed E-state index contributed by atoms with van der Waals surface area (Å²) in [7, 11) is 0. The van der Waals surface area contributed by atoms with E-state index in [2.05, 4.69) is 149 Å². The van der Waals surface area contributed by atoms with Gasteiger partial charge in [0.2, 0.25) is 0 Å². The van der Waals surface area contributed by atoms with E-state index in [4.69, 9.17) is 0 Å². The monoisotopic (exact) mass is 512 g/mol. The SMILES string of the molecule is Cc1cccc(C)c1-c1cccc2c(-c3cccc4ccccc34)c3cccc(-c4c(C)cccc4C)c3cc12. The highest BCUT2D eigenvalue weighted by molar-refractivity contribution is 6.21. The third-order valence-electron chi connectivity index (χ3n) is 8.60. The average molecular weight is 513 g/mol. The number of aryl methyl sites for hydroxylation is 4. The van der Waals surface area contributed by atoms with Gasteiger partial charge in [0.05, 0.1) is 0 Å². The van der Waals surface area contributed by atoms with Crippen molar-refractivity contribution in [2.45, 2.75) is 27.7 Å². The third kappa shape index (κ3) is 3.75. The van der Waals surface area contributed by atoms with Gasteiger partial charge in [-0.2, -0.15) is 0 Å². The van der Waals surface area contributed by atoms with Gasteiger partial charge in [-0.05, 0) is 122 Å². The van der Waals surface area contributed by atoms with Crippen molar-refractivity contribution in [1.29, 1.82) is 0 Å². The highest BCUT2D eigenvalue weighted by Gasteiger charge is 2.19. The Morgan fingerprint density at radius 3 is 1.20 bits per heavy atom. The standard InChI is InChI=1S/C40H32/c1-25-12-7-13-26(2)38(25)32-20-10-22-34-36(32)24-37-33(39-27(3)14-8-15-28(39)4)21-11-23-35(37)40(34)31-19-9-17-29-16-5-6-18-30(29)31/h5-24H,1-4H3. The Hall–Kier alpha value is -4.68. The topological polar surface area (TPSA) is 0 Å². The van der Waals surface area contributed by atoms with Gasteiger partial charge in [-0.1, -0.05) is 115 Å². The van der Waals surface area contributed by atoms with Gasteiger partial charge in [0, 0.05) is 0 Å². The van der Waals surface area contributed by atoms with Crippen molar-refractivity contribution < 1.29 is 0 Å². The Bertz CT molecular complexity index is 1940. The second-order valence-corrected chi connectivity index (χ2v) is 11.1. The molecule has 0 radical (unpaired) electrons. The molecular weight excluding hydrogens is 480 g/mol. The summed E-state index contributed by atoms with van der Waals surface area (Å²) in [6.07, 6.45) is 0. The fourth-order valence-corrected chi connectivity index (χ4v) is 6.82. The zero-order valence-electron chi connectivity index (χ0n) is 23.5. The molecule has 0 aliphatic heterocycles. The van der Waals surface area contributed by atoms with E-state index in [1.54, 1.807) is 0 Å². The summed E-state index contributed by atoms with van der Waals surface area (Å²) in [6.45, 7) is 8.93. The van der Waals surface area contributed by atoms with Gasteiger partial charge in [0.1, 0.15) is 0 Å². The second-order valence-electron chi connectivity index (χ2n) is 11.1. The summed E-state index contributed by atoms with van der Waals surface area (Å²) in [5.74, 6) is 0. The lowest BCUT2D eigenvalue weighted by molar-refractivity contribution is 1.38. The van der Waals surface area contributed by atoms with Crippen molar-refractivity contribution in [3.8, 4) is 33.4 Å². The highest BCUT2D eigenvalue weighted by atomic mass is 14.2. The molecule has 0 N–H and O–H groups in total. The van der Waals surface area contributed by atoms with Crippen LogP contribution in [0.4, 0.5) is 0 Å². The van der Waals surface area contributed by atoms with E-state index in [1.807, 2.05) is 0 Å². The maximum Gasteiger partial charge on any atom is -0.00201 e. The van der Waals surface area contributed by atoms with Crippen LogP contribution in [-0.2, 0) is 0 Å². The quantitative estimate of drug-likeness (QED) is 0.207. The Balaban J connectivity index is 1.71. The minimum atomic E-state index is 1.27. The van der Waals surface area contributed by atoms with E-state index in [0.29, 0.717) is 0 Å². The summed E-state index contributed by atoms with van der Waals surface area (Å²) in [5.41, 5.74) is 13.1. The van der Waals surface area contributed by atoms with Crippen LogP contribution in [0.1, 0.15) is 22.3 Å². The molecule has 0 saturated carbocycles. The van der Waals surface area contributed by atoms with Gasteiger partial charge in [0.25, 0.3) is 0 Å². The second kappa shape index (κ2) is 9.50. The summed E-state index contributed by atoms with van der Waals surface area (Å²) < 4.78 is 0. The van der Waals surface area contributed by atoms with Crippen molar-refractivity contribution in [2.75, 3.05) is 0 Å². The molecule has 0 amide bonds. The molecule has 0 bridgehead atoms. The molecule has 7 rings (SSSR count). The highest BCUT2D eigenvalue weighted by Crippen LogP contribution is 2.46. The zero-order chi connectivity index (χ0) is 27.4. The minimum absolute atomic E-state index is 1.27. The van der Waals surface area contributed by atoms with Crippen LogP contribution in [-0.4, -0.2) is 0 Å². The van der Waals surface area contributed by atoms with Crippen molar-refractivity contribution >= 4 is 32.3 Å². The van der Waals surface area contributed by atoms with Crippen LogP contribution in [0, 0.1) is 27.7 Å². The number of fused-ring (bicyclic) bond motifs is 3. The lowest BCUT2D eigenvalue weighted by Crippen LogP contribution is -1.94. The summed E-state index contributed by atoms with van der Waals surface area (Å²) in [4.78, 5) is 0. The van der Waals surface area contributed by atoms with Gasteiger partial charge in [-0.3, -0.25) is 0 Å². The van der Waals surface area contributed by atoms with E-state index in [-0.39, 0.29) is 0 Å². The van der Waals surface area contributed by atoms with Crippen LogP contribution < -0.4 is 0 Å². The van der Waals surface area contributed by atoms with E-state index in [1.165, 1.54) is 88.0 Å². The Labute approximate surface area is 236 Å². The fraction of sp³-hybridized carbons (Fsp3) is 0.100. The van der Waals surface area contributed by atoms with Gasteiger partial charge >= 0.3 is 0 Å². The molecule has 0 saturated heterocycles. The molecule has 0 unspecified atom stereocenters. The maximum atomic E-state index is 2.46. The van der Waals surface area contributed by atoms with Gasteiger partial charge < -0.3 is 0 Å². The Morgan fingerprint density at radius 1 is 0.300 bits per heavy atom. The molecular formula is C40H32. The van der Waals surface area contributed by atoms with Crippen LogP contribution in [0.25, 0.3) is 65.7 Å². The number of hydrogen-bond donors (Lipinski definition) is 0. The number of benzene rings is 7. The largest absolute Gasteiger partial charge is 0.0617 e. The van der Waals surface area contributed by atoms with Crippen molar-refractivity contribution in [2.24, 2.45) is 0 Å². The molecule has 0 spiro atoms. The fourth-order valence-electron chi connectivity index (χ4n) is 6.82. The molecule has 0 heteroatoms. The first kappa shape index (κ1) is 24.4. The summed E-state index contributed by atoms with van der Waals surface area (Å²) in [5, 5.41) is 7.74. The van der Waals surface area contributed by atoms with E-state index >= 15 is 0 Å². The smallest absolute Gasteiger partial charge is 0.00201 e.